The normalized spacial score (nSPS) is 15.0. The summed E-state index contributed by atoms with van der Waals surface area (Å²) in [5.74, 6) is -0.252. The third kappa shape index (κ3) is 2.56. The molecule has 1 fully saturated rings. The standard InChI is InChI=1S/C10H15NO4/c1-7(2)8-6-11(9(8)12)10(13)15-5-4-14-3/h4-6H2,1-3H3. The molecule has 0 N–H and O–H groups in total. The number of imide groups is 1. The van der Waals surface area contributed by atoms with E-state index in [9.17, 15) is 9.59 Å². The van der Waals surface area contributed by atoms with Crippen molar-refractivity contribution in [2.24, 2.45) is 0 Å². The second kappa shape index (κ2) is 4.93. The van der Waals surface area contributed by atoms with E-state index >= 15 is 0 Å². The number of allylic oxidation sites excluding steroid dienone is 1. The van der Waals surface area contributed by atoms with Gasteiger partial charge in [-0.15, -0.1) is 0 Å². The molecule has 0 aromatic heterocycles. The number of amides is 2. The van der Waals surface area contributed by atoms with Gasteiger partial charge in [-0.25, -0.2) is 9.69 Å². The Kier molecular flexibility index (Phi) is 3.85. The molecule has 0 saturated carbocycles. The predicted octanol–water partition coefficient (Wildman–Crippen LogP) is 0.948. The minimum Gasteiger partial charge on any atom is -0.447 e. The highest BCUT2D eigenvalue weighted by Crippen LogP contribution is 2.20. The lowest BCUT2D eigenvalue weighted by atomic mass is 10.0. The Morgan fingerprint density at radius 1 is 1.40 bits per heavy atom. The molecule has 15 heavy (non-hydrogen) atoms. The third-order valence-corrected chi connectivity index (χ3v) is 2.16. The van der Waals surface area contributed by atoms with E-state index in [0.717, 1.165) is 10.5 Å². The van der Waals surface area contributed by atoms with Crippen molar-refractivity contribution in [1.29, 1.82) is 0 Å². The molecule has 5 heteroatoms. The van der Waals surface area contributed by atoms with Gasteiger partial charge in [0.15, 0.2) is 0 Å². The number of hydrogen-bond acceptors (Lipinski definition) is 4. The van der Waals surface area contributed by atoms with Gasteiger partial charge < -0.3 is 9.47 Å². The van der Waals surface area contributed by atoms with Crippen molar-refractivity contribution >= 4 is 12.0 Å². The van der Waals surface area contributed by atoms with E-state index in [0.29, 0.717) is 18.7 Å². The van der Waals surface area contributed by atoms with E-state index in [-0.39, 0.29) is 12.5 Å². The Morgan fingerprint density at radius 2 is 2.07 bits per heavy atom. The average molecular weight is 213 g/mol. The number of nitrogens with zero attached hydrogens (tertiary/aromatic N) is 1. The van der Waals surface area contributed by atoms with Crippen molar-refractivity contribution in [3.8, 4) is 0 Å². The summed E-state index contributed by atoms with van der Waals surface area (Å²) < 4.78 is 9.52. The molecule has 0 unspecified atom stereocenters. The first-order valence-corrected chi connectivity index (χ1v) is 4.71. The third-order valence-electron chi connectivity index (χ3n) is 2.16. The zero-order valence-corrected chi connectivity index (χ0v) is 9.20. The summed E-state index contributed by atoms with van der Waals surface area (Å²) in [6.45, 7) is 4.56. The largest absolute Gasteiger partial charge is 0.447 e. The quantitative estimate of drug-likeness (QED) is 0.398. The van der Waals surface area contributed by atoms with Gasteiger partial charge in [-0.1, -0.05) is 5.57 Å². The summed E-state index contributed by atoms with van der Waals surface area (Å²) in [4.78, 5) is 23.8. The average Bonchev–Trinajstić information content (AvgIpc) is 2.15. The Morgan fingerprint density at radius 3 is 2.53 bits per heavy atom. The highest BCUT2D eigenvalue weighted by atomic mass is 16.6. The lowest BCUT2D eigenvalue weighted by Gasteiger charge is -2.31. The molecule has 0 radical (unpaired) electrons. The molecule has 1 aliphatic heterocycles. The highest BCUT2D eigenvalue weighted by molar-refractivity contribution is 6.09. The van der Waals surface area contributed by atoms with Crippen molar-refractivity contribution in [2.45, 2.75) is 13.8 Å². The lowest BCUT2D eigenvalue weighted by molar-refractivity contribution is -0.130. The predicted molar refractivity (Wildman–Crippen MR) is 53.3 cm³/mol. The maximum Gasteiger partial charge on any atom is 0.417 e. The summed E-state index contributed by atoms with van der Waals surface area (Å²) in [5, 5.41) is 0. The van der Waals surface area contributed by atoms with E-state index < -0.39 is 6.09 Å². The summed E-state index contributed by atoms with van der Waals surface area (Å²) in [6, 6.07) is 0. The van der Waals surface area contributed by atoms with Gasteiger partial charge in [0.1, 0.15) is 6.61 Å². The zero-order valence-electron chi connectivity index (χ0n) is 9.20. The summed E-state index contributed by atoms with van der Waals surface area (Å²) in [6.07, 6.45) is -0.595. The Balaban J connectivity index is 2.39. The van der Waals surface area contributed by atoms with Crippen molar-refractivity contribution in [3.05, 3.63) is 11.1 Å². The zero-order chi connectivity index (χ0) is 11.4. The summed E-state index contributed by atoms with van der Waals surface area (Å²) in [5.41, 5.74) is 1.64. The molecule has 1 rings (SSSR count). The second-order valence-electron chi connectivity index (χ2n) is 3.48. The number of ether oxygens (including phenoxy) is 2. The Labute approximate surface area is 88.6 Å². The second-order valence-corrected chi connectivity index (χ2v) is 3.48. The maximum atomic E-state index is 11.4. The lowest BCUT2D eigenvalue weighted by Crippen LogP contribution is -2.50. The molecule has 0 bridgehead atoms. The minimum absolute atomic E-state index is 0.170. The van der Waals surface area contributed by atoms with Gasteiger partial charge in [-0.3, -0.25) is 4.79 Å². The number of carbonyl (C=O) groups is 2. The topological polar surface area (TPSA) is 55.8 Å². The molecule has 2 amide bonds. The first-order chi connectivity index (χ1) is 7.07. The van der Waals surface area contributed by atoms with Gasteiger partial charge in [-0.2, -0.15) is 0 Å². The number of rotatable bonds is 3. The van der Waals surface area contributed by atoms with Gasteiger partial charge in [-0.05, 0) is 13.8 Å². The van der Waals surface area contributed by atoms with Crippen LogP contribution in [0.1, 0.15) is 13.8 Å². The molecule has 0 aromatic rings. The van der Waals surface area contributed by atoms with Gasteiger partial charge in [0.2, 0.25) is 0 Å². The molecule has 1 heterocycles. The SMILES string of the molecule is COCCOC(=O)N1CC(=C(C)C)C1=O. The van der Waals surface area contributed by atoms with Crippen LogP contribution in [0.4, 0.5) is 4.79 Å². The fourth-order valence-electron chi connectivity index (χ4n) is 1.18. The molecular weight excluding hydrogens is 198 g/mol. The molecule has 0 atom stereocenters. The number of likely N-dealkylation sites (tertiary alicyclic amines) is 1. The van der Waals surface area contributed by atoms with Crippen LogP contribution < -0.4 is 0 Å². The van der Waals surface area contributed by atoms with Crippen LogP contribution in [0.25, 0.3) is 0 Å². The highest BCUT2D eigenvalue weighted by Gasteiger charge is 2.37. The van der Waals surface area contributed by atoms with Crippen molar-refractivity contribution in [2.75, 3.05) is 26.9 Å². The van der Waals surface area contributed by atoms with Crippen LogP contribution in [0.5, 0.6) is 0 Å². The van der Waals surface area contributed by atoms with Gasteiger partial charge >= 0.3 is 6.09 Å². The molecule has 0 spiro atoms. The van der Waals surface area contributed by atoms with Crippen molar-refractivity contribution in [1.82, 2.24) is 4.90 Å². The van der Waals surface area contributed by atoms with Gasteiger partial charge in [0, 0.05) is 12.7 Å². The van der Waals surface area contributed by atoms with Gasteiger partial charge in [0.05, 0.1) is 13.2 Å². The fourth-order valence-corrected chi connectivity index (χ4v) is 1.18. The van der Waals surface area contributed by atoms with E-state index in [4.69, 9.17) is 9.47 Å². The maximum absolute atomic E-state index is 11.4. The number of carbonyl (C=O) groups excluding carboxylic acids is 2. The molecular formula is C10H15NO4. The van der Waals surface area contributed by atoms with E-state index in [2.05, 4.69) is 0 Å². The number of methoxy groups -OCH3 is 1. The fraction of sp³-hybridized carbons (Fsp3) is 0.600. The first kappa shape index (κ1) is 11.7. The number of hydrogen-bond donors (Lipinski definition) is 0. The van der Waals surface area contributed by atoms with Crippen molar-refractivity contribution in [3.63, 3.8) is 0 Å². The molecule has 1 aliphatic rings. The van der Waals surface area contributed by atoms with E-state index in [1.54, 1.807) is 0 Å². The minimum atomic E-state index is -0.595. The molecule has 84 valence electrons. The van der Waals surface area contributed by atoms with Crippen LogP contribution >= 0.6 is 0 Å². The van der Waals surface area contributed by atoms with E-state index in [1.165, 1.54) is 7.11 Å². The van der Waals surface area contributed by atoms with Crippen LogP contribution in [-0.4, -0.2) is 43.8 Å². The van der Waals surface area contributed by atoms with Crippen LogP contribution in [0.3, 0.4) is 0 Å². The van der Waals surface area contributed by atoms with Crippen LogP contribution in [0, 0.1) is 0 Å². The molecule has 0 aliphatic carbocycles. The molecule has 0 aromatic carbocycles. The van der Waals surface area contributed by atoms with Crippen molar-refractivity contribution < 1.29 is 19.1 Å². The smallest absolute Gasteiger partial charge is 0.417 e. The molecule has 5 nitrogen and oxygen atoms in total. The summed E-state index contributed by atoms with van der Waals surface area (Å²) >= 11 is 0. The van der Waals surface area contributed by atoms with E-state index in [1.807, 2.05) is 13.8 Å². The Hall–Kier alpha value is -1.36. The summed E-state index contributed by atoms with van der Waals surface area (Å²) in [7, 11) is 1.52. The van der Waals surface area contributed by atoms with Gasteiger partial charge in [0.25, 0.3) is 5.91 Å². The van der Waals surface area contributed by atoms with Crippen LogP contribution in [0.15, 0.2) is 11.1 Å². The Bertz CT molecular complexity index is 305. The number of β-lactam (4-membered cyclic amide) rings is 1. The van der Waals surface area contributed by atoms with Crippen LogP contribution in [0.2, 0.25) is 0 Å². The monoisotopic (exact) mass is 213 g/mol. The van der Waals surface area contributed by atoms with Crippen LogP contribution in [-0.2, 0) is 14.3 Å². The first-order valence-electron chi connectivity index (χ1n) is 4.71. The molecule has 1 saturated heterocycles.